The first-order chi connectivity index (χ1) is 18.6. The quantitative estimate of drug-likeness (QED) is 0.199. The second kappa shape index (κ2) is 10.7. The molecule has 0 aliphatic carbocycles. The van der Waals surface area contributed by atoms with Crippen molar-refractivity contribution in [2.45, 2.75) is 32.2 Å². The van der Waals surface area contributed by atoms with Crippen LogP contribution in [0, 0.1) is 6.92 Å². The van der Waals surface area contributed by atoms with Gasteiger partial charge in [0.05, 0.1) is 29.9 Å². The van der Waals surface area contributed by atoms with Gasteiger partial charge in [-0.1, -0.05) is 35.5 Å². The van der Waals surface area contributed by atoms with Gasteiger partial charge < -0.3 is 13.7 Å². The van der Waals surface area contributed by atoms with E-state index in [4.69, 9.17) is 18.7 Å². The molecule has 1 aromatic carbocycles. The zero-order valence-corrected chi connectivity index (χ0v) is 22.8. The lowest BCUT2D eigenvalue weighted by atomic mass is 9.97. The van der Waals surface area contributed by atoms with Crippen molar-refractivity contribution in [3.63, 3.8) is 0 Å². The van der Waals surface area contributed by atoms with Crippen molar-refractivity contribution in [3.05, 3.63) is 80.7 Å². The Hall–Kier alpha value is -3.53. The van der Waals surface area contributed by atoms with Gasteiger partial charge >= 0.3 is 5.97 Å². The number of benzene rings is 1. The maximum Gasteiger partial charge on any atom is 0.348 e. The molecule has 7 nitrogen and oxygen atoms in total. The van der Waals surface area contributed by atoms with E-state index in [2.05, 4.69) is 15.4 Å². The lowest BCUT2D eigenvalue weighted by molar-refractivity contribution is 0.0607. The number of hydrogen-bond donors (Lipinski definition) is 0. The smallest absolute Gasteiger partial charge is 0.348 e. The Morgan fingerprint density at radius 1 is 1.11 bits per heavy atom. The van der Waals surface area contributed by atoms with Gasteiger partial charge in [0.2, 0.25) is 0 Å². The van der Waals surface area contributed by atoms with Crippen LogP contribution in [0.25, 0.3) is 33.8 Å². The third-order valence-electron chi connectivity index (χ3n) is 6.97. The van der Waals surface area contributed by atoms with Crippen molar-refractivity contribution >= 4 is 28.6 Å². The summed E-state index contributed by atoms with van der Waals surface area (Å²) in [6.45, 7) is 4.64. The minimum absolute atomic E-state index is 0.337. The molecule has 1 aliphatic rings. The fourth-order valence-corrected chi connectivity index (χ4v) is 6.77. The van der Waals surface area contributed by atoms with E-state index in [0.29, 0.717) is 16.6 Å². The molecule has 5 heterocycles. The normalized spacial score (nSPS) is 14.7. The number of carbonyl (C=O) groups is 1. The Morgan fingerprint density at radius 2 is 1.92 bits per heavy atom. The number of hydrogen-bond acceptors (Lipinski definition) is 9. The third kappa shape index (κ3) is 4.84. The van der Waals surface area contributed by atoms with E-state index in [9.17, 15) is 4.79 Å². The molecule has 38 heavy (non-hydrogen) atoms. The van der Waals surface area contributed by atoms with Gasteiger partial charge in [-0.25, -0.2) is 9.78 Å². The highest BCUT2D eigenvalue weighted by Gasteiger charge is 2.26. The number of ether oxygens (including phenoxy) is 1. The number of likely N-dealkylation sites (tertiary alicyclic amines) is 1. The summed E-state index contributed by atoms with van der Waals surface area (Å²) in [5.74, 6) is 2.48. The van der Waals surface area contributed by atoms with E-state index in [1.165, 1.54) is 23.5 Å². The molecule has 0 N–H and O–H groups in total. The summed E-state index contributed by atoms with van der Waals surface area (Å²) in [5, 5.41) is 9.51. The molecule has 0 saturated carbocycles. The molecule has 0 amide bonds. The number of piperidine rings is 1. The molecular formula is C29H27N3O4S2. The fourth-order valence-electron chi connectivity index (χ4n) is 4.98. The molecule has 0 spiro atoms. The van der Waals surface area contributed by atoms with Gasteiger partial charge in [-0.3, -0.25) is 4.90 Å². The van der Waals surface area contributed by atoms with Crippen LogP contribution in [0.4, 0.5) is 0 Å². The van der Waals surface area contributed by atoms with E-state index >= 15 is 0 Å². The molecule has 0 bridgehead atoms. The zero-order chi connectivity index (χ0) is 26.1. The summed E-state index contributed by atoms with van der Waals surface area (Å²) in [5.41, 5.74) is 4.57. The molecule has 0 unspecified atom stereocenters. The zero-order valence-electron chi connectivity index (χ0n) is 21.2. The topological polar surface area (TPSA) is 81.6 Å². The molecule has 4 aromatic heterocycles. The number of aryl methyl sites for hydroxylation is 1. The molecule has 0 atom stereocenters. The Labute approximate surface area is 228 Å². The molecule has 6 rings (SSSR count). The second-order valence-corrected chi connectivity index (χ2v) is 11.2. The van der Waals surface area contributed by atoms with Crippen LogP contribution in [-0.4, -0.2) is 41.2 Å². The predicted octanol–water partition coefficient (Wildman–Crippen LogP) is 7.26. The number of nitrogens with zero attached hydrogens (tertiary/aromatic N) is 3. The van der Waals surface area contributed by atoms with Gasteiger partial charge in [0.25, 0.3) is 0 Å². The van der Waals surface area contributed by atoms with Crippen molar-refractivity contribution < 1.29 is 18.5 Å². The SMILES string of the molecule is COC(=O)c1sccc1-c1ccc(CN2CCC(c3nc(-c4c(-c5ccccc5)noc4C)cs3)CC2)o1. The van der Waals surface area contributed by atoms with Crippen molar-refractivity contribution in [2.24, 2.45) is 0 Å². The van der Waals surface area contributed by atoms with Gasteiger partial charge in [0.15, 0.2) is 0 Å². The molecule has 194 valence electrons. The molecule has 0 radical (unpaired) electrons. The number of thiazole rings is 1. The first kappa shape index (κ1) is 24.8. The van der Waals surface area contributed by atoms with Gasteiger partial charge in [0.1, 0.15) is 27.9 Å². The Kier molecular flexibility index (Phi) is 6.97. The summed E-state index contributed by atoms with van der Waals surface area (Å²) in [4.78, 5) is 20.1. The molecule has 1 fully saturated rings. The summed E-state index contributed by atoms with van der Waals surface area (Å²) in [7, 11) is 1.40. The highest BCUT2D eigenvalue weighted by molar-refractivity contribution is 7.12. The van der Waals surface area contributed by atoms with Crippen molar-refractivity contribution in [3.8, 4) is 33.8 Å². The summed E-state index contributed by atoms with van der Waals surface area (Å²) >= 11 is 3.09. The van der Waals surface area contributed by atoms with Gasteiger partial charge in [0, 0.05) is 22.4 Å². The fraction of sp³-hybridized carbons (Fsp3) is 0.276. The Balaban J connectivity index is 1.10. The maximum atomic E-state index is 12.0. The van der Waals surface area contributed by atoms with Crippen LogP contribution in [0.2, 0.25) is 0 Å². The lowest BCUT2D eigenvalue weighted by Crippen LogP contribution is -2.32. The van der Waals surface area contributed by atoms with Gasteiger partial charge in [-0.2, -0.15) is 0 Å². The number of rotatable bonds is 7. The number of aromatic nitrogens is 2. The van der Waals surface area contributed by atoms with Crippen LogP contribution in [-0.2, 0) is 11.3 Å². The maximum absolute atomic E-state index is 12.0. The van der Waals surface area contributed by atoms with Crippen LogP contribution < -0.4 is 0 Å². The van der Waals surface area contributed by atoms with E-state index in [1.807, 2.05) is 60.8 Å². The van der Waals surface area contributed by atoms with Crippen LogP contribution >= 0.6 is 22.7 Å². The van der Waals surface area contributed by atoms with Gasteiger partial charge in [-0.05, 0) is 56.4 Å². The number of carbonyl (C=O) groups excluding carboxylic acids is 1. The van der Waals surface area contributed by atoms with Crippen LogP contribution in [0.5, 0.6) is 0 Å². The lowest BCUT2D eigenvalue weighted by Gasteiger charge is -2.30. The molecule has 1 saturated heterocycles. The first-order valence-corrected chi connectivity index (χ1v) is 14.3. The van der Waals surface area contributed by atoms with Crippen molar-refractivity contribution in [2.75, 3.05) is 20.2 Å². The number of thiophene rings is 1. The number of furan rings is 1. The number of methoxy groups -OCH3 is 1. The minimum atomic E-state index is -0.337. The number of esters is 1. The summed E-state index contributed by atoms with van der Waals surface area (Å²) in [6.07, 6.45) is 2.09. The average Bonchev–Trinajstić information content (AvgIpc) is 3.75. The van der Waals surface area contributed by atoms with Crippen molar-refractivity contribution in [1.82, 2.24) is 15.0 Å². The third-order valence-corrected chi connectivity index (χ3v) is 8.87. The van der Waals surface area contributed by atoms with E-state index in [0.717, 1.165) is 72.1 Å². The Bertz CT molecular complexity index is 1540. The van der Waals surface area contributed by atoms with E-state index < -0.39 is 0 Å². The Morgan fingerprint density at radius 3 is 2.71 bits per heavy atom. The van der Waals surface area contributed by atoms with Gasteiger partial charge in [-0.15, -0.1) is 22.7 Å². The second-order valence-electron chi connectivity index (χ2n) is 9.37. The van der Waals surface area contributed by atoms with E-state index in [-0.39, 0.29) is 5.97 Å². The monoisotopic (exact) mass is 545 g/mol. The van der Waals surface area contributed by atoms with Crippen LogP contribution in [0.15, 0.2) is 68.2 Å². The van der Waals surface area contributed by atoms with Crippen molar-refractivity contribution in [1.29, 1.82) is 0 Å². The summed E-state index contributed by atoms with van der Waals surface area (Å²) < 4.78 is 16.6. The van der Waals surface area contributed by atoms with Crippen LogP contribution in [0.1, 0.15) is 45.0 Å². The highest BCUT2D eigenvalue weighted by Crippen LogP contribution is 2.38. The first-order valence-electron chi connectivity index (χ1n) is 12.6. The largest absolute Gasteiger partial charge is 0.465 e. The minimum Gasteiger partial charge on any atom is -0.465 e. The molecule has 9 heteroatoms. The predicted molar refractivity (Wildman–Crippen MR) is 148 cm³/mol. The van der Waals surface area contributed by atoms with Crippen LogP contribution in [0.3, 0.4) is 0 Å². The standard InChI is InChI=1S/C29H27N3O4S2/c1-18-25(26(31-36-18)19-6-4-3-5-7-19)23-17-38-28(30-23)20-10-13-32(14-11-20)16-21-8-9-24(35-21)22-12-15-37-27(22)29(33)34-2/h3-9,12,15,17,20H,10-11,13-14,16H2,1-2H3. The average molecular weight is 546 g/mol. The molecule has 5 aromatic rings. The summed E-state index contributed by atoms with van der Waals surface area (Å²) in [6, 6.07) is 15.9. The molecule has 1 aliphatic heterocycles. The van der Waals surface area contributed by atoms with E-state index in [1.54, 1.807) is 11.3 Å². The highest BCUT2D eigenvalue weighted by atomic mass is 32.1. The molecular weight excluding hydrogens is 518 g/mol.